The van der Waals surface area contributed by atoms with Crippen LogP contribution in [0.5, 0.6) is 5.75 Å². The molecule has 2 aromatic carbocycles. The van der Waals surface area contributed by atoms with Crippen LogP contribution in [0.3, 0.4) is 0 Å². The molecule has 0 atom stereocenters. The van der Waals surface area contributed by atoms with Crippen molar-refractivity contribution >= 4 is 16.7 Å². The van der Waals surface area contributed by atoms with Gasteiger partial charge in [0, 0.05) is 29.5 Å². The van der Waals surface area contributed by atoms with Gasteiger partial charge in [0.2, 0.25) is 5.56 Å². The maximum Gasteiger partial charge on any atom is 0.248 e. The summed E-state index contributed by atoms with van der Waals surface area (Å²) in [6.07, 6.45) is 2.34. The van der Waals surface area contributed by atoms with Crippen molar-refractivity contribution < 1.29 is 13.9 Å². The van der Waals surface area contributed by atoms with Crippen LogP contribution in [-0.2, 0) is 6.42 Å². The molecule has 5 nitrogen and oxygen atoms in total. The quantitative estimate of drug-likeness (QED) is 0.630. The maximum atomic E-state index is 13.1. The number of methoxy groups -OCH3 is 1. The number of fused-ring (bicyclic) bond motifs is 1. The number of ketones is 1. The second kappa shape index (κ2) is 8.79. The van der Waals surface area contributed by atoms with Gasteiger partial charge >= 0.3 is 0 Å². The summed E-state index contributed by atoms with van der Waals surface area (Å²) < 4.78 is 18.5. The van der Waals surface area contributed by atoms with Crippen molar-refractivity contribution in [2.45, 2.75) is 19.3 Å². The molecule has 0 radical (unpaired) electrons. The highest BCUT2D eigenvalue weighted by Gasteiger charge is 2.25. The minimum atomic E-state index is -0.328. The number of hydrogen-bond acceptors (Lipinski definition) is 4. The molecular weight excluding hydrogens is 383 g/mol. The molecule has 1 aliphatic rings. The lowest BCUT2D eigenvalue weighted by Gasteiger charge is -2.31. The number of nitrogens with zero attached hydrogens (tertiary/aromatic N) is 1. The van der Waals surface area contributed by atoms with Crippen molar-refractivity contribution in [3.8, 4) is 5.75 Å². The second-order valence-electron chi connectivity index (χ2n) is 7.78. The van der Waals surface area contributed by atoms with E-state index in [2.05, 4.69) is 9.88 Å². The fraction of sp³-hybridized carbons (Fsp3) is 0.333. The molecule has 1 N–H and O–H groups in total. The average Bonchev–Trinajstić information content (AvgIpc) is 2.77. The molecule has 0 aliphatic carbocycles. The highest BCUT2D eigenvalue weighted by molar-refractivity contribution is 5.97. The molecule has 2 heterocycles. The monoisotopic (exact) mass is 408 g/mol. The van der Waals surface area contributed by atoms with Crippen molar-refractivity contribution in [2.24, 2.45) is 5.92 Å². The summed E-state index contributed by atoms with van der Waals surface area (Å²) >= 11 is 0. The van der Waals surface area contributed by atoms with E-state index in [4.69, 9.17) is 4.74 Å². The predicted molar refractivity (Wildman–Crippen MR) is 115 cm³/mol. The van der Waals surface area contributed by atoms with Gasteiger partial charge < -0.3 is 14.6 Å². The van der Waals surface area contributed by atoms with E-state index in [0.29, 0.717) is 11.3 Å². The first-order valence-corrected chi connectivity index (χ1v) is 10.3. The van der Waals surface area contributed by atoms with Crippen LogP contribution < -0.4 is 10.3 Å². The first-order chi connectivity index (χ1) is 14.5. The summed E-state index contributed by atoms with van der Waals surface area (Å²) in [6.45, 7) is 2.50. The molecule has 0 spiro atoms. The van der Waals surface area contributed by atoms with Gasteiger partial charge in [-0.05, 0) is 68.2 Å². The number of Topliss-reactive ketones (excluding diaryl/α,β-unsaturated/α-hetero) is 1. The van der Waals surface area contributed by atoms with Crippen LogP contribution in [0.25, 0.3) is 10.9 Å². The van der Waals surface area contributed by atoms with Crippen molar-refractivity contribution in [2.75, 3.05) is 26.7 Å². The van der Waals surface area contributed by atoms with Crippen molar-refractivity contribution in [3.63, 3.8) is 0 Å². The summed E-state index contributed by atoms with van der Waals surface area (Å²) in [4.78, 5) is 30.0. The first-order valence-electron chi connectivity index (χ1n) is 10.3. The number of pyridine rings is 1. The number of nitrogens with one attached hydrogen (secondary N) is 1. The number of para-hydroxylation sites is 1. The van der Waals surface area contributed by atoms with E-state index in [0.717, 1.165) is 55.4 Å². The van der Waals surface area contributed by atoms with E-state index >= 15 is 0 Å². The molecule has 0 bridgehead atoms. The van der Waals surface area contributed by atoms with Crippen LogP contribution in [0.1, 0.15) is 28.8 Å². The van der Waals surface area contributed by atoms with Crippen LogP contribution in [-0.4, -0.2) is 42.4 Å². The topological polar surface area (TPSA) is 62.4 Å². The van der Waals surface area contributed by atoms with Gasteiger partial charge in [0.05, 0.1) is 12.6 Å². The number of piperidine rings is 1. The summed E-state index contributed by atoms with van der Waals surface area (Å²) in [5, 5.41) is 0.996. The third-order valence-corrected chi connectivity index (χ3v) is 5.93. The second-order valence-corrected chi connectivity index (χ2v) is 7.78. The zero-order chi connectivity index (χ0) is 21.1. The van der Waals surface area contributed by atoms with Gasteiger partial charge in [-0.2, -0.15) is 0 Å². The minimum Gasteiger partial charge on any atom is -0.495 e. The summed E-state index contributed by atoms with van der Waals surface area (Å²) in [5.41, 5.74) is 2.17. The average molecular weight is 408 g/mol. The Kier molecular flexibility index (Phi) is 5.95. The van der Waals surface area contributed by atoms with Gasteiger partial charge in [0.25, 0.3) is 0 Å². The number of likely N-dealkylation sites (tertiary alicyclic amines) is 1. The third kappa shape index (κ3) is 4.28. The molecule has 0 unspecified atom stereocenters. The standard InChI is InChI=1S/C24H25FN2O3/c1-30-21-4-2-3-20-18(15-22(28)26-23(20)21)11-14-27-12-9-17(10-13-27)24(29)16-5-7-19(25)8-6-16/h2-8,15,17H,9-14H2,1H3,(H,26,28). The Morgan fingerprint density at radius 2 is 1.90 bits per heavy atom. The van der Waals surface area contributed by atoms with Crippen LogP contribution in [0.15, 0.2) is 53.3 Å². The molecule has 4 rings (SSSR count). The largest absolute Gasteiger partial charge is 0.495 e. The molecular formula is C24H25FN2O3. The summed E-state index contributed by atoms with van der Waals surface area (Å²) in [7, 11) is 1.59. The van der Waals surface area contributed by atoms with Gasteiger partial charge in [-0.1, -0.05) is 12.1 Å². The number of carbonyl (C=O) groups excluding carboxylic acids is 1. The molecule has 1 aromatic heterocycles. The van der Waals surface area contributed by atoms with E-state index in [9.17, 15) is 14.0 Å². The Balaban J connectivity index is 1.39. The van der Waals surface area contributed by atoms with Crippen LogP contribution in [0.2, 0.25) is 0 Å². The first kappa shape index (κ1) is 20.3. The molecule has 0 amide bonds. The third-order valence-electron chi connectivity index (χ3n) is 5.93. The molecule has 1 saturated heterocycles. The molecule has 6 heteroatoms. The van der Waals surface area contributed by atoms with Gasteiger partial charge in [-0.15, -0.1) is 0 Å². The van der Waals surface area contributed by atoms with Gasteiger partial charge in [0.1, 0.15) is 11.6 Å². The van der Waals surface area contributed by atoms with Crippen LogP contribution >= 0.6 is 0 Å². The Labute approximate surface area is 174 Å². The lowest BCUT2D eigenvalue weighted by atomic mass is 9.88. The Morgan fingerprint density at radius 1 is 1.17 bits per heavy atom. The molecule has 3 aromatic rings. The number of H-pyrrole nitrogens is 1. The zero-order valence-electron chi connectivity index (χ0n) is 17.0. The van der Waals surface area contributed by atoms with E-state index < -0.39 is 0 Å². The minimum absolute atomic E-state index is 0.0172. The molecule has 0 saturated carbocycles. The van der Waals surface area contributed by atoms with Gasteiger partial charge in [-0.25, -0.2) is 4.39 Å². The van der Waals surface area contributed by atoms with E-state index in [1.165, 1.54) is 12.1 Å². The number of aromatic nitrogens is 1. The molecule has 156 valence electrons. The van der Waals surface area contributed by atoms with E-state index in [1.54, 1.807) is 25.3 Å². The normalized spacial score (nSPS) is 15.4. The SMILES string of the molecule is COc1cccc2c(CCN3CCC(C(=O)c4ccc(F)cc4)CC3)cc(=O)[nH]c12. The highest BCUT2D eigenvalue weighted by atomic mass is 19.1. The van der Waals surface area contributed by atoms with Crippen molar-refractivity contribution in [3.05, 3.63) is 75.8 Å². The number of halogens is 1. The number of hydrogen-bond donors (Lipinski definition) is 1. The lowest BCUT2D eigenvalue weighted by molar-refractivity contribution is 0.0841. The smallest absolute Gasteiger partial charge is 0.248 e. The van der Waals surface area contributed by atoms with Gasteiger partial charge in [0.15, 0.2) is 5.78 Å². The molecule has 1 fully saturated rings. The Morgan fingerprint density at radius 3 is 2.60 bits per heavy atom. The zero-order valence-corrected chi connectivity index (χ0v) is 17.0. The predicted octanol–water partition coefficient (Wildman–Crippen LogP) is 3.81. The number of carbonyl (C=O) groups is 1. The fourth-order valence-corrected chi connectivity index (χ4v) is 4.25. The molecule has 30 heavy (non-hydrogen) atoms. The van der Waals surface area contributed by atoms with Gasteiger partial charge in [-0.3, -0.25) is 9.59 Å². The van der Waals surface area contributed by atoms with Crippen LogP contribution in [0.4, 0.5) is 4.39 Å². The number of rotatable bonds is 6. The van der Waals surface area contributed by atoms with Crippen LogP contribution in [0, 0.1) is 11.7 Å². The fourth-order valence-electron chi connectivity index (χ4n) is 4.25. The van der Waals surface area contributed by atoms with E-state index in [1.807, 2.05) is 18.2 Å². The summed E-state index contributed by atoms with van der Waals surface area (Å²) in [6, 6.07) is 13.2. The van der Waals surface area contributed by atoms with E-state index in [-0.39, 0.29) is 23.1 Å². The Hall–Kier alpha value is -2.99. The highest BCUT2D eigenvalue weighted by Crippen LogP contribution is 2.26. The number of benzene rings is 2. The number of aromatic amines is 1. The maximum absolute atomic E-state index is 13.1. The van der Waals surface area contributed by atoms with Crippen molar-refractivity contribution in [1.29, 1.82) is 0 Å². The lowest BCUT2D eigenvalue weighted by Crippen LogP contribution is -2.37. The van der Waals surface area contributed by atoms with Crippen molar-refractivity contribution in [1.82, 2.24) is 9.88 Å². The summed E-state index contributed by atoms with van der Waals surface area (Å²) in [5.74, 6) is 0.413. The number of ether oxygens (including phenoxy) is 1. The Bertz CT molecular complexity index is 1100. The molecule has 1 aliphatic heterocycles.